The Bertz CT molecular complexity index is 495. The number of aromatic carboxylic acids is 1. The van der Waals surface area contributed by atoms with Crippen molar-refractivity contribution in [2.75, 3.05) is 38.8 Å². The van der Waals surface area contributed by atoms with Crippen molar-refractivity contribution in [3.8, 4) is 0 Å². The van der Waals surface area contributed by atoms with Gasteiger partial charge in [0.25, 0.3) is 0 Å². The average Bonchev–Trinajstić information content (AvgIpc) is 2.42. The summed E-state index contributed by atoms with van der Waals surface area (Å²) in [4.78, 5) is 22.7. The molecule has 1 aromatic rings. The van der Waals surface area contributed by atoms with Crippen LogP contribution in [0.3, 0.4) is 0 Å². The molecule has 116 valence electrons. The molecule has 0 radical (unpaired) electrons. The lowest BCUT2D eigenvalue weighted by atomic mass is 10.2. The Labute approximate surface area is 130 Å². The second-order valence-corrected chi connectivity index (χ2v) is 4.90. The molecule has 1 rings (SSSR count). The van der Waals surface area contributed by atoms with E-state index in [1.807, 2.05) is 0 Å². The third-order valence-corrected chi connectivity index (χ3v) is 2.92. The van der Waals surface area contributed by atoms with Gasteiger partial charge >= 0.3 is 12.0 Å². The molecule has 0 unspecified atom stereocenters. The number of nitrogens with one attached hydrogen (secondary N) is 2. The first-order chi connectivity index (χ1) is 10.0. The maximum Gasteiger partial charge on any atom is 0.337 e. The average molecular weight is 361 g/mol. The lowest BCUT2D eigenvalue weighted by molar-refractivity contribution is 0.0698. The fourth-order valence-corrected chi connectivity index (χ4v) is 1.82. The standard InChI is InChI=1S/C13H17BrN2O5/c1-20-6-7-21-5-4-15-13(19)16-11-8-9(14)2-3-10(11)12(17)18/h2-3,8H,4-7H2,1H3,(H,17,18)(H2,15,16,19). The van der Waals surface area contributed by atoms with Gasteiger partial charge in [-0.1, -0.05) is 15.9 Å². The van der Waals surface area contributed by atoms with E-state index < -0.39 is 12.0 Å². The second-order valence-electron chi connectivity index (χ2n) is 3.98. The monoisotopic (exact) mass is 360 g/mol. The van der Waals surface area contributed by atoms with Gasteiger partial charge in [-0.3, -0.25) is 0 Å². The van der Waals surface area contributed by atoms with Gasteiger partial charge < -0.3 is 25.2 Å². The molecular weight excluding hydrogens is 344 g/mol. The Hall–Kier alpha value is -1.64. The predicted octanol–water partition coefficient (Wildman–Crippen LogP) is 1.93. The lowest BCUT2D eigenvalue weighted by Crippen LogP contribution is -2.32. The highest BCUT2D eigenvalue weighted by atomic mass is 79.9. The maximum absolute atomic E-state index is 11.7. The van der Waals surface area contributed by atoms with Gasteiger partial charge in [0.1, 0.15) is 0 Å². The molecule has 0 aromatic heterocycles. The summed E-state index contributed by atoms with van der Waals surface area (Å²) < 4.78 is 10.7. The molecule has 0 atom stereocenters. The van der Waals surface area contributed by atoms with Crippen LogP contribution in [-0.2, 0) is 9.47 Å². The smallest absolute Gasteiger partial charge is 0.337 e. The molecule has 0 fully saturated rings. The largest absolute Gasteiger partial charge is 0.478 e. The van der Waals surface area contributed by atoms with Crippen molar-refractivity contribution < 1.29 is 24.2 Å². The van der Waals surface area contributed by atoms with Crippen molar-refractivity contribution in [3.63, 3.8) is 0 Å². The zero-order valence-electron chi connectivity index (χ0n) is 11.5. The molecule has 3 N–H and O–H groups in total. The third kappa shape index (κ3) is 6.56. The molecule has 7 nitrogen and oxygen atoms in total. The van der Waals surface area contributed by atoms with E-state index in [1.165, 1.54) is 12.1 Å². The van der Waals surface area contributed by atoms with Gasteiger partial charge in [-0.2, -0.15) is 0 Å². The van der Waals surface area contributed by atoms with Crippen LogP contribution in [0, 0.1) is 0 Å². The highest BCUT2D eigenvalue weighted by Gasteiger charge is 2.12. The summed E-state index contributed by atoms with van der Waals surface area (Å²) in [6.07, 6.45) is 0. The van der Waals surface area contributed by atoms with Gasteiger partial charge in [0.05, 0.1) is 31.1 Å². The molecule has 0 bridgehead atoms. The number of ether oxygens (including phenoxy) is 2. The number of hydrogen-bond acceptors (Lipinski definition) is 4. The first kappa shape index (κ1) is 17.4. The normalized spacial score (nSPS) is 10.2. The summed E-state index contributed by atoms with van der Waals surface area (Å²) in [7, 11) is 1.58. The lowest BCUT2D eigenvalue weighted by Gasteiger charge is -2.10. The molecule has 0 saturated heterocycles. The zero-order valence-corrected chi connectivity index (χ0v) is 13.1. The molecule has 0 spiro atoms. The number of carboxylic acid groups (broad SMARTS) is 1. The summed E-state index contributed by atoms with van der Waals surface area (Å²) in [5.41, 5.74) is 0.236. The molecular formula is C13H17BrN2O5. The van der Waals surface area contributed by atoms with Crippen molar-refractivity contribution in [1.29, 1.82) is 0 Å². The quantitative estimate of drug-likeness (QED) is 0.615. The van der Waals surface area contributed by atoms with Crippen LogP contribution in [0.25, 0.3) is 0 Å². The van der Waals surface area contributed by atoms with Crippen molar-refractivity contribution in [1.82, 2.24) is 5.32 Å². The number of anilines is 1. The van der Waals surface area contributed by atoms with E-state index in [4.69, 9.17) is 14.6 Å². The Morgan fingerprint density at radius 2 is 2.05 bits per heavy atom. The first-order valence-electron chi connectivity index (χ1n) is 6.19. The number of hydrogen-bond donors (Lipinski definition) is 3. The van der Waals surface area contributed by atoms with E-state index >= 15 is 0 Å². The topological polar surface area (TPSA) is 96.9 Å². The fourth-order valence-electron chi connectivity index (χ4n) is 1.45. The van der Waals surface area contributed by atoms with E-state index in [9.17, 15) is 9.59 Å². The minimum Gasteiger partial charge on any atom is -0.478 e. The summed E-state index contributed by atoms with van der Waals surface area (Å²) >= 11 is 3.23. The maximum atomic E-state index is 11.7. The summed E-state index contributed by atoms with van der Waals surface area (Å²) in [5, 5.41) is 14.1. The minimum absolute atomic E-state index is 0.0182. The fraction of sp³-hybridized carbons (Fsp3) is 0.385. The van der Waals surface area contributed by atoms with Crippen LogP contribution in [-0.4, -0.2) is 50.6 Å². The van der Waals surface area contributed by atoms with Crippen LogP contribution in [0.5, 0.6) is 0 Å². The van der Waals surface area contributed by atoms with Gasteiger partial charge in [0.2, 0.25) is 0 Å². The molecule has 8 heteroatoms. The molecule has 0 saturated carbocycles. The zero-order chi connectivity index (χ0) is 15.7. The van der Waals surface area contributed by atoms with Gasteiger partial charge in [-0.25, -0.2) is 9.59 Å². The van der Waals surface area contributed by atoms with Gasteiger partial charge in [-0.05, 0) is 18.2 Å². The predicted molar refractivity (Wildman–Crippen MR) is 80.8 cm³/mol. The molecule has 21 heavy (non-hydrogen) atoms. The Morgan fingerprint density at radius 1 is 1.29 bits per heavy atom. The van der Waals surface area contributed by atoms with E-state index in [0.717, 1.165) is 0 Å². The number of halogens is 1. The number of amides is 2. The van der Waals surface area contributed by atoms with Crippen LogP contribution in [0.2, 0.25) is 0 Å². The van der Waals surface area contributed by atoms with Crippen LogP contribution in [0.1, 0.15) is 10.4 Å². The molecule has 0 aliphatic carbocycles. The van der Waals surface area contributed by atoms with E-state index in [0.29, 0.717) is 30.8 Å². The van der Waals surface area contributed by atoms with Crippen molar-refractivity contribution >= 4 is 33.6 Å². The second kappa shape index (κ2) is 9.32. The SMILES string of the molecule is COCCOCCNC(=O)Nc1cc(Br)ccc1C(=O)O. The number of carboxylic acids is 1. The first-order valence-corrected chi connectivity index (χ1v) is 6.98. The number of urea groups is 1. The Balaban J connectivity index is 2.44. The summed E-state index contributed by atoms with van der Waals surface area (Å²) in [6.45, 7) is 1.60. The van der Waals surface area contributed by atoms with Crippen molar-refractivity contribution in [3.05, 3.63) is 28.2 Å². The van der Waals surface area contributed by atoms with Crippen LogP contribution >= 0.6 is 15.9 Å². The van der Waals surface area contributed by atoms with Crippen LogP contribution < -0.4 is 10.6 Å². The molecule has 0 aliphatic rings. The van der Waals surface area contributed by atoms with Crippen molar-refractivity contribution in [2.24, 2.45) is 0 Å². The summed E-state index contributed by atoms with van der Waals surface area (Å²) in [6, 6.07) is 4.04. The third-order valence-electron chi connectivity index (χ3n) is 2.42. The van der Waals surface area contributed by atoms with Crippen LogP contribution in [0.15, 0.2) is 22.7 Å². The highest BCUT2D eigenvalue weighted by molar-refractivity contribution is 9.10. The number of methoxy groups -OCH3 is 1. The van der Waals surface area contributed by atoms with Crippen molar-refractivity contribution in [2.45, 2.75) is 0 Å². The number of benzene rings is 1. The van der Waals surface area contributed by atoms with Gasteiger partial charge in [-0.15, -0.1) is 0 Å². The van der Waals surface area contributed by atoms with E-state index in [2.05, 4.69) is 26.6 Å². The minimum atomic E-state index is -1.11. The molecule has 0 heterocycles. The van der Waals surface area contributed by atoms with Gasteiger partial charge in [0, 0.05) is 18.1 Å². The molecule has 2 amide bonds. The highest BCUT2D eigenvalue weighted by Crippen LogP contribution is 2.21. The van der Waals surface area contributed by atoms with E-state index in [1.54, 1.807) is 13.2 Å². The number of rotatable bonds is 8. The number of carbonyl (C=O) groups excluding carboxylic acids is 1. The van der Waals surface area contributed by atoms with Gasteiger partial charge in [0.15, 0.2) is 0 Å². The van der Waals surface area contributed by atoms with E-state index in [-0.39, 0.29) is 11.3 Å². The molecule has 0 aliphatic heterocycles. The van der Waals surface area contributed by atoms with Crippen LogP contribution in [0.4, 0.5) is 10.5 Å². The Kier molecular flexibility index (Phi) is 7.73. The molecule has 1 aromatic carbocycles. The Morgan fingerprint density at radius 3 is 2.71 bits per heavy atom. The number of carbonyl (C=O) groups is 2. The summed E-state index contributed by atoms with van der Waals surface area (Å²) in [5.74, 6) is -1.11.